The van der Waals surface area contributed by atoms with Crippen molar-refractivity contribution in [2.75, 3.05) is 32.0 Å². The number of hydrogen-bond donors (Lipinski definition) is 1. The molecule has 0 atom stereocenters. The monoisotopic (exact) mass is 222 g/mol. The maximum Gasteiger partial charge on any atom is 0.415 e. The van der Waals surface area contributed by atoms with Crippen molar-refractivity contribution >= 4 is 11.8 Å². The van der Waals surface area contributed by atoms with Crippen LogP contribution in [0.4, 0.5) is 10.5 Å². The SMILES string of the molecule is Nc1ccc(OC(=O)N2CCOCC2)cc1. The lowest BCUT2D eigenvalue weighted by Crippen LogP contribution is -2.42. The number of anilines is 1. The molecule has 0 bridgehead atoms. The highest BCUT2D eigenvalue weighted by Crippen LogP contribution is 2.14. The topological polar surface area (TPSA) is 64.8 Å². The Labute approximate surface area is 93.7 Å². The van der Waals surface area contributed by atoms with Gasteiger partial charge in [-0.05, 0) is 24.3 Å². The van der Waals surface area contributed by atoms with Crippen LogP contribution in [0, 0.1) is 0 Å². The Morgan fingerprint density at radius 1 is 1.25 bits per heavy atom. The van der Waals surface area contributed by atoms with Gasteiger partial charge in [0.25, 0.3) is 0 Å². The van der Waals surface area contributed by atoms with E-state index in [-0.39, 0.29) is 6.09 Å². The molecule has 5 heteroatoms. The van der Waals surface area contributed by atoms with E-state index in [2.05, 4.69) is 0 Å². The van der Waals surface area contributed by atoms with Crippen LogP contribution < -0.4 is 10.5 Å². The summed E-state index contributed by atoms with van der Waals surface area (Å²) in [5, 5.41) is 0. The molecular weight excluding hydrogens is 208 g/mol. The van der Waals surface area contributed by atoms with Gasteiger partial charge in [0.2, 0.25) is 0 Å². The number of hydrogen-bond acceptors (Lipinski definition) is 4. The Morgan fingerprint density at radius 3 is 2.50 bits per heavy atom. The van der Waals surface area contributed by atoms with E-state index in [1.165, 1.54) is 0 Å². The second-order valence-electron chi connectivity index (χ2n) is 3.54. The van der Waals surface area contributed by atoms with Crippen LogP contribution in [-0.2, 0) is 4.74 Å². The van der Waals surface area contributed by atoms with Crippen molar-refractivity contribution in [1.82, 2.24) is 4.90 Å². The Balaban J connectivity index is 1.93. The van der Waals surface area contributed by atoms with Crippen LogP contribution >= 0.6 is 0 Å². The first-order valence-corrected chi connectivity index (χ1v) is 5.16. The molecule has 1 aliphatic heterocycles. The third kappa shape index (κ3) is 2.64. The quantitative estimate of drug-likeness (QED) is 0.723. The molecule has 1 heterocycles. The van der Waals surface area contributed by atoms with E-state index < -0.39 is 0 Å². The molecule has 0 saturated carbocycles. The third-order valence-electron chi connectivity index (χ3n) is 2.35. The van der Waals surface area contributed by atoms with Crippen LogP contribution in [0.2, 0.25) is 0 Å². The van der Waals surface area contributed by atoms with Crippen LogP contribution in [0.5, 0.6) is 5.75 Å². The van der Waals surface area contributed by atoms with Gasteiger partial charge >= 0.3 is 6.09 Å². The third-order valence-corrected chi connectivity index (χ3v) is 2.35. The number of carbonyl (C=O) groups is 1. The minimum Gasteiger partial charge on any atom is -0.410 e. The summed E-state index contributed by atoms with van der Waals surface area (Å²) in [4.78, 5) is 13.3. The van der Waals surface area contributed by atoms with Gasteiger partial charge in [-0.1, -0.05) is 0 Å². The van der Waals surface area contributed by atoms with E-state index in [0.29, 0.717) is 37.7 Å². The van der Waals surface area contributed by atoms with Crippen LogP contribution in [0.1, 0.15) is 0 Å². The van der Waals surface area contributed by atoms with Gasteiger partial charge in [0.1, 0.15) is 5.75 Å². The summed E-state index contributed by atoms with van der Waals surface area (Å²) in [6.07, 6.45) is -0.340. The van der Waals surface area contributed by atoms with Gasteiger partial charge in [0.15, 0.2) is 0 Å². The van der Waals surface area contributed by atoms with Crippen LogP contribution in [-0.4, -0.2) is 37.3 Å². The highest BCUT2D eigenvalue weighted by atomic mass is 16.6. The number of rotatable bonds is 1. The van der Waals surface area contributed by atoms with Crippen LogP contribution in [0.3, 0.4) is 0 Å². The van der Waals surface area contributed by atoms with Crippen LogP contribution in [0.15, 0.2) is 24.3 Å². The summed E-state index contributed by atoms with van der Waals surface area (Å²) >= 11 is 0. The molecule has 0 aromatic heterocycles. The molecule has 1 amide bonds. The highest BCUT2D eigenvalue weighted by molar-refractivity contribution is 5.70. The molecule has 1 aromatic carbocycles. The number of nitrogens with two attached hydrogens (primary N) is 1. The molecule has 1 fully saturated rings. The first kappa shape index (κ1) is 10.8. The Kier molecular flexibility index (Phi) is 3.26. The predicted molar refractivity (Wildman–Crippen MR) is 59.3 cm³/mol. The maximum atomic E-state index is 11.7. The molecule has 16 heavy (non-hydrogen) atoms. The van der Waals surface area contributed by atoms with Gasteiger partial charge in [-0.25, -0.2) is 4.79 Å². The standard InChI is InChI=1S/C11H14N2O3/c12-9-1-3-10(4-2-9)16-11(14)13-5-7-15-8-6-13/h1-4H,5-8,12H2. The van der Waals surface area contributed by atoms with Gasteiger partial charge in [-0.15, -0.1) is 0 Å². The van der Waals surface area contributed by atoms with Gasteiger partial charge in [0, 0.05) is 18.8 Å². The zero-order valence-electron chi connectivity index (χ0n) is 8.89. The molecule has 2 N–H and O–H groups in total. The smallest absolute Gasteiger partial charge is 0.410 e. The lowest BCUT2D eigenvalue weighted by Gasteiger charge is -2.25. The van der Waals surface area contributed by atoms with E-state index in [4.69, 9.17) is 15.2 Å². The normalized spacial score (nSPS) is 15.9. The largest absolute Gasteiger partial charge is 0.415 e. The van der Waals surface area contributed by atoms with Gasteiger partial charge in [-0.3, -0.25) is 0 Å². The highest BCUT2D eigenvalue weighted by Gasteiger charge is 2.18. The number of benzene rings is 1. The zero-order chi connectivity index (χ0) is 11.4. The lowest BCUT2D eigenvalue weighted by atomic mass is 10.3. The maximum absolute atomic E-state index is 11.7. The Bertz CT molecular complexity index is 358. The van der Waals surface area contributed by atoms with Gasteiger partial charge in [0.05, 0.1) is 13.2 Å². The summed E-state index contributed by atoms with van der Waals surface area (Å²) < 4.78 is 10.3. The average molecular weight is 222 g/mol. The first-order valence-electron chi connectivity index (χ1n) is 5.16. The minimum absolute atomic E-state index is 0.340. The van der Waals surface area contributed by atoms with Crippen LogP contribution in [0.25, 0.3) is 0 Å². The summed E-state index contributed by atoms with van der Waals surface area (Å²) in [6, 6.07) is 6.74. The molecule has 0 spiro atoms. The number of ether oxygens (including phenoxy) is 2. The molecule has 1 aromatic rings. The molecule has 0 unspecified atom stereocenters. The first-order chi connectivity index (χ1) is 7.75. The summed E-state index contributed by atoms with van der Waals surface area (Å²) in [5.41, 5.74) is 6.18. The van der Waals surface area contributed by atoms with Crippen molar-refractivity contribution in [3.63, 3.8) is 0 Å². The van der Waals surface area contributed by atoms with E-state index in [0.717, 1.165) is 0 Å². The second kappa shape index (κ2) is 4.85. The summed E-state index contributed by atoms with van der Waals surface area (Å²) in [7, 11) is 0. The number of amides is 1. The van der Waals surface area contributed by atoms with Crippen molar-refractivity contribution in [2.45, 2.75) is 0 Å². The molecule has 2 rings (SSSR count). The van der Waals surface area contributed by atoms with Crippen molar-refractivity contribution in [3.8, 4) is 5.75 Å². The van der Waals surface area contributed by atoms with Gasteiger partial charge in [-0.2, -0.15) is 0 Å². The number of morpholine rings is 1. The van der Waals surface area contributed by atoms with E-state index in [1.807, 2.05) is 0 Å². The second-order valence-corrected chi connectivity index (χ2v) is 3.54. The summed E-state index contributed by atoms with van der Waals surface area (Å²) in [6.45, 7) is 2.29. The molecule has 1 aliphatic rings. The summed E-state index contributed by atoms with van der Waals surface area (Å²) in [5.74, 6) is 0.505. The lowest BCUT2D eigenvalue weighted by molar-refractivity contribution is 0.0416. The van der Waals surface area contributed by atoms with Gasteiger partial charge < -0.3 is 20.1 Å². The molecule has 0 radical (unpaired) electrons. The van der Waals surface area contributed by atoms with E-state index in [9.17, 15) is 4.79 Å². The Hall–Kier alpha value is -1.75. The molecule has 0 aliphatic carbocycles. The average Bonchev–Trinajstić information content (AvgIpc) is 2.33. The fourth-order valence-corrected chi connectivity index (χ4v) is 1.45. The van der Waals surface area contributed by atoms with Crippen molar-refractivity contribution in [2.24, 2.45) is 0 Å². The van der Waals surface area contributed by atoms with Crippen molar-refractivity contribution in [3.05, 3.63) is 24.3 Å². The molecule has 86 valence electrons. The molecular formula is C11H14N2O3. The fourth-order valence-electron chi connectivity index (χ4n) is 1.45. The molecule has 5 nitrogen and oxygen atoms in total. The number of nitrogen functional groups attached to an aromatic ring is 1. The fraction of sp³-hybridized carbons (Fsp3) is 0.364. The van der Waals surface area contributed by atoms with Crippen molar-refractivity contribution < 1.29 is 14.3 Å². The molecule has 1 saturated heterocycles. The predicted octanol–water partition coefficient (Wildman–Crippen LogP) is 1.10. The van der Waals surface area contributed by atoms with E-state index >= 15 is 0 Å². The zero-order valence-corrected chi connectivity index (χ0v) is 8.89. The number of carbonyl (C=O) groups excluding carboxylic acids is 1. The number of nitrogens with zero attached hydrogens (tertiary/aromatic N) is 1. The minimum atomic E-state index is -0.340. The van der Waals surface area contributed by atoms with E-state index in [1.54, 1.807) is 29.2 Å². The Morgan fingerprint density at radius 2 is 1.88 bits per heavy atom. The van der Waals surface area contributed by atoms with Crippen molar-refractivity contribution in [1.29, 1.82) is 0 Å².